The van der Waals surface area contributed by atoms with Crippen LogP contribution in [0.3, 0.4) is 0 Å². The SMILES string of the molecule is Cc1nnn([C@H](c2ccccc2)C2CCN(C(=O)c3cc(-c4cc5cc(NC(=O)[C@@H]6C[C@@H]6F)ccc5o4)ccn3)CC2)n1. The van der Waals surface area contributed by atoms with Gasteiger partial charge in [0.25, 0.3) is 5.91 Å². The van der Waals surface area contributed by atoms with Crippen LogP contribution < -0.4 is 5.32 Å². The van der Waals surface area contributed by atoms with Crippen LogP contribution in [0, 0.1) is 18.8 Å². The van der Waals surface area contributed by atoms with Crippen molar-refractivity contribution in [1.29, 1.82) is 0 Å². The smallest absolute Gasteiger partial charge is 0.272 e. The van der Waals surface area contributed by atoms with Crippen molar-refractivity contribution in [2.24, 2.45) is 11.8 Å². The third kappa shape index (κ3) is 5.50. The number of anilines is 1. The molecular weight excluding hydrogens is 549 g/mol. The maximum atomic E-state index is 13.5. The number of benzene rings is 2. The van der Waals surface area contributed by atoms with Crippen molar-refractivity contribution < 1.29 is 18.4 Å². The van der Waals surface area contributed by atoms with E-state index in [9.17, 15) is 14.0 Å². The van der Waals surface area contributed by atoms with Crippen LogP contribution in [0.15, 0.2) is 77.3 Å². The molecule has 2 aliphatic rings. The predicted octanol–water partition coefficient (Wildman–Crippen LogP) is 5.23. The Balaban J connectivity index is 1.05. The van der Waals surface area contributed by atoms with Crippen molar-refractivity contribution in [1.82, 2.24) is 30.1 Å². The van der Waals surface area contributed by atoms with E-state index in [-0.39, 0.29) is 30.2 Å². The molecule has 0 bridgehead atoms. The zero-order valence-electron chi connectivity index (χ0n) is 23.6. The predicted molar refractivity (Wildman–Crippen MR) is 157 cm³/mol. The van der Waals surface area contributed by atoms with E-state index >= 15 is 0 Å². The first-order chi connectivity index (χ1) is 20.9. The highest BCUT2D eigenvalue weighted by Crippen LogP contribution is 2.36. The van der Waals surface area contributed by atoms with Gasteiger partial charge in [0, 0.05) is 35.9 Å². The number of alkyl halides is 1. The highest BCUT2D eigenvalue weighted by molar-refractivity contribution is 5.97. The standard InChI is InChI=1S/C32H30FN7O3/c1-19-36-38-40(37-19)30(20-5-3-2-4-6-20)21-10-13-39(14-11-21)32(42)27-16-22(9-12-34-27)29-17-23-15-24(7-8-28(23)43-29)35-31(41)25-18-26(25)33/h2-9,12,15-17,21,25-26,30H,10-11,13-14,18H2,1H3,(H,35,41)/t25-,26+,30-/m1/s1. The lowest BCUT2D eigenvalue weighted by Gasteiger charge is -2.35. The van der Waals surface area contributed by atoms with Gasteiger partial charge in [-0.2, -0.15) is 4.80 Å². The highest BCUT2D eigenvalue weighted by Gasteiger charge is 2.43. The van der Waals surface area contributed by atoms with E-state index in [4.69, 9.17) is 4.42 Å². The largest absolute Gasteiger partial charge is 0.456 e. The summed E-state index contributed by atoms with van der Waals surface area (Å²) in [4.78, 5) is 33.6. The summed E-state index contributed by atoms with van der Waals surface area (Å²) in [5.74, 6) is 0.458. The maximum absolute atomic E-state index is 13.5. The molecule has 2 amide bonds. The van der Waals surface area contributed by atoms with Gasteiger partial charge in [0.05, 0.1) is 5.92 Å². The third-order valence-corrected chi connectivity index (χ3v) is 8.29. The van der Waals surface area contributed by atoms with E-state index in [1.807, 2.05) is 36.1 Å². The van der Waals surface area contributed by atoms with E-state index in [1.54, 1.807) is 41.3 Å². The molecule has 1 aliphatic carbocycles. The number of aromatic nitrogens is 5. The molecule has 10 nitrogen and oxygen atoms in total. The molecule has 5 aromatic rings. The molecule has 218 valence electrons. The summed E-state index contributed by atoms with van der Waals surface area (Å²) in [5.41, 5.74) is 3.42. The van der Waals surface area contributed by atoms with Crippen LogP contribution in [0.25, 0.3) is 22.3 Å². The molecule has 11 heteroatoms. The summed E-state index contributed by atoms with van der Waals surface area (Å²) >= 11 is 0. The Bertz CT molecular complexity index is 1800. The van der Waals surface area contributed by atoms with E-state index in [0.29, 0.717) is 41.6 Å². The summed E-state index contributed by atoms with van der Waals surface area (Å²) in [5, 5.41) is 16.5. The Morgan fingerprint density at radius 2 is 1.84 bits per heavy atom. The molecule has 1 N–H and O–H groups in total. The highest BCUT2D eigenvalue weighted by atomic mass is 19.1. The number of fused-ring (bicyclic) bond motifs is 1. The number of halogens is 1. The number of hydrogen-bond acceptors (Lipinski definition) is 7. The molecule has 7 rings (SSSR count). The van der Waals surface area contributed by atoms with Crippen molar-refractivity contribution in [2.45, 2.75) is 38.4 Å². The van der Waals surface area contributed by atoms with E-state index in [2.05, 4.69) is 37.8 Å². The number of nitrogens with zero attached hydrogens (tertiary/aromatic N) is 6. The van der Waals surface area contributed by atoms with Crippen LogP contribution in [-0.2, 0) is 4.79 Å². The van der Waals surface area contributed by atoms with Gasteiger partial charge in [-0.05, 0) is 79.3 Å². The number of nitrogens with one attached hydrogen (secondary N) is 1. The topological polar surface area (TPSA) is 119 Å². The molecule has 2 aromatic carbocycles. The zero-order chi connectivity index (χ0) is 29.5. The fraction of sp³-hybridized carbons (Fsp3) is 0.312. The molecule has 3 atom stereocenters. The number of piperidine rings is 1. The molecule has 3 aromatic heterocycles. The molecule has 43 heavy (non-hydrogen) atoms. The number of pyridine rings is 1. The summed E-state index contributed by atoms with van der Waals surface area (Å²) < 4.78 is 19.3. The van der Waals surface area contributed by atoms with Gasteiger partial charge >= 0.3 is 0 Å². The molecule has 2 fully saturated rings. The lowest BCUT2D eigenvalue weighted by molar-refractivity contribution is -0.117. The summed E-state index contributed by atoms with van der Waals surface area (Å²) in [6.07, 6.45) is 2.43. The Kier molecular flexibility index (Phi) is 6.92. The van der Waals surface area contributed by atoms with Crippen LogP contribution in [0.1, 0.15) is 47.2 Å². The van der Waals surface area contributed by atoms with Gasteiger partial charge in [-0.1, -0.05) is 30.3 Å². The van der Waals surface area contributed by atoms with Crippen molar-refractivity contribution >= 4 is 28.5 Å². The quantitative estimate of drug-likeness (QED) is 0.281. The number of aryl methyl sites for hydroxylation is 1. The zero-order valence-corrected chi connectivity index (χ0v) is 23.6. The molecule has 0 spiro atoms. The number of amides is 2. The second-order valence-corrected chi connectivity index (χ2v) is 11.3. The van der Waals surface area contributed by atoms with E-state index in [0.717, 1.165) is 29.4 Å². The number of tetrazole rings is 1. The minimum Gasteiger partial charge on any atom is -0.456 e. The fourth-order valence-electron chi connectivity index (χ4n) is 5.88. The first kappa shape index (κ1) is 26.9. The molecule has 1 saturated carbocycles. The maximum Gasteiger partial charge on any atom is 0.272 e. The number of carbonyl (C=O) groups is 2. The number of carbonyl (C=O) groups excluding carboxylic acids is 2. The summed E-state index contributed by atoms with van der Waals surface area (Å²) in [7, 11) is 0. The van der Waals surface area contributed by atoms with Crippen LogP contribution in [0.5, 0.6) is 0 Å². The molecular formula is C32H30FN7O3. The van der Waals surface area contributed by atoms with Gasteiger partial charge < -0.3 is 14.6 Å². The van der Waals surface area contributed by atoms with Crippen molar-refractivity contribution in [3.63, 3.8) is 0 Å². The van der Waals surface area contributed by atoms with Crippen LogP contribution in [-0.4, -0.2) is 61.2 Å². The Labute approximate surface area is 246 Å². The van der Waals surface area contributed by atoms with E-state index in [1.165, 1.54) is 0 Å². The number of likely N-dealkylation sites (tertiary alicyclic amines) is 1. The van der Waals surface area contributed by atoms with Crippen LogP contribution in [0.4, 0.5) is 10.1 Å². The van der Waals surface area contributed by atoms with Gasteiger partial charge in [0.15, 0.2) is 5.82 Å². The Morgan fingerprint density at radius 1 is 1.05 bits per heavy atom. The summed E-state index contributed by atoms with van der Waals surface area (Å²) in [6.45, 7) is 3.01. The molecule has 0 radical (unpaired) electrons. The number of hydrogen-bond donors (Lipinski definition) is 1. The van der Waals surface area contributed by atoms with Crippen LogP contribution >= 0.6 is 0 Å². The van der Waals surface area contributed by atoms with Gasteiger partial charge in [0.1, 0.15) is 29.3 Å². The average Bonchev–Trinajstić information content (AvgIpc) is 3.39. The van der Waals surface area contributed by atoms with Crippen molar-refractivity contribution in [2.75, 3.05) is 18.4 Å². The third-order valence-electron chi connectivity index (χ3n) is 8.29. The van der Waals surface area contributed by atoms with Gasteiger partial charge in [0.2, 0.25) is 5.91 Å². The van der Waals surface area contributed by atoms with E-state index < -0.39 is 12.1 Å². The van der Waals surface area contributed by atoms with Gasteiger partial charge in [-0.3, -0.25) is 14.6 Å². The second kappa shape index (κ2) is 11.0. The lowest BCUT2D eigenvalue weighted by atomic mass is 9.85. The molecule has 0 unspecified atom stereocenters. The van der Waals surface area contributed by atoms with Gasteiger partial charge in [-0.15, -0.1) is 10.2 Å². The van der Waals surface area contributed by atoms with Crippen molar-refractivity contribution in [3.05, 3.63) is 90.0 Å². The first-order valence-electron chi connectivity index (χ1n) is 14.5. The molecule has 1 aliphatic heterocycles. The Hall–Kier alpha value is -4.93. The molecule has 1 saturated heterocycles. The minimum atomic E-state index is -1.05. The number of rotatable bonds is 7. The lowest BCUT2D eigenvalue weighted by Crippen LogP contribution is -2.41. The normalized spacial score (nSPS) is 19.3. The minimum absolute atomic E-state index is 0.0580. The van der Waals surface area contributed by atoms with Crippen molar-refractivity contribution in [3.8, 4) is 11.3 Å². The second-order valence-electron chi connectivity index (χ2n) is 11.3. The summed E-state index contributed by atoms with van der Waals surface area (Å²) in [6, 6.07) is 20.8. The van der Waals surface area contributed by atoms with Gasteiger partial charge in [-0.25, -0.2) is 4.39 Å². The first-order valence-corrected chi connectivity index (χ1v) is 14.5. The molecule has 4 heterocycles. The Morgan fingerprint density at radius 3 is 2.56 bits per heavy atom. The monoisotopic (exact) mass is 579 g/mol. The van der Waals surface area contributed by atoms with Crippen LogP contribution in [0.2, 0.25) is 0 Å². The number of furan rings is 1. The average molecular weight is 580 g/mol. The fourth-order valence-corrected chi connectivity index (χ4v) is 5.88.